The van der Waals surface area contributed by atoms with E-state index in [4.69, 9.17) is 5.73 Å². The van der Waals surface area contributed by atoms with Crippen LogP contribution >= 0.6 is 0 Å². The van der Waals surface area contributed by atoms with E-state index in [0.717, 1.165) is 16.3 Å². The van der Waals surface area contributed by atoms with Crippen molar-refractivity contribution in [2.75, 3.05) is 0 Å². The molecule has 0 saturated heterocycles. The summed E-state index contributed by atoms with van der Waals surface area (Å²) >= 11 is 0. The Morgan fingerprint density at radius 3 is 2.43 bits per heavy atom. The van der Waals surface area contributed by atoms with Crippen molar-refractivity contribution in [3.05, 3.63) is 48.0 Å². The third-order valence-corrected chi connectivity index (χ3v) is 3.52. The molecule has 0 spiro atoms. The molecule has 2 aromatic carbocycles. The van der Waals surface area contributed by atoms with E-state index in [9.17, 15) is 9.59 Å². The van der Waals surface area contributed by atoms with E-state index in [1.807, 2.05) is 56.3 Å². The van der Waals surface area contributed by atoms with Gasteiger partial charge >= 0.3 is 0 Å². The van der Waals surface area contributed by atoms with Crippen molar-refractivity contribution in [2.24, 2.45) is 11.7 Å². The van der Waals surface area contributed by atoms with Gasteiger partial charge in [0.25, 0.3) is 0 Å². The van der Waals surface area contributed by atoms with Crippen LogP contribution in [0.25, 0.3) is 10.8 Å². The van der Waals surface area contributed by atoms with Gasteiger partial charge in [-0.05, 0) is 22.3 Å². The van der Waals surface area contributed by atoms with Crippen molar-refractivity contribution in [1.29, 1.82) is 0 Å². The van der Waals surface area contributed by atoms with E-state index >= 15 is 0 Å². The molecule has 0 aliphatic carbocycles. The topological polar surface area (TPSA) is 72.2 Å². The number of nitrogens with two attached hydrogens (primary N) is 1. The second-order valence-electron chi connectivity index (χ2n) is 5.51. The molecule has 2 rings (SSSR count). The summed E-state index contributed by atoms with van der Waals surface area (Å²) in [7, 11) is 0. The van der Waals surface area contributed by atoms with Crippen LogP contribution in [0.4, 0.5) is 0 Å². The summed E-state index contributed by atoms with van der Waals surface area (Å²) < 4.78 is 0. The normalized spacial score (nSPS) is 12.3. The van der Waals surface area contributed by atoms with Gasteiger partial charge in [0.1, 0.15) is 6.04 Å². The molecular weight excluding hydrogens is 264 g/mol. The smallest absolute Gasteiger partial charge is 0.240 e. The molecule has 0 heterocycles. The lowest BCUT2D eigenvalue weighted by atomic mass is 10.0. The Hall–Kier alpha value is -2.36. The molecular formula is C17H20N2O2. The number of hydrogen-bond donors (Lipinski definition) is 2. The quantitative estimate of drug-likeness (QED) is 0.881. The number of amides is 2. The van der Waals surface area contributed by atoms with Crippen LogP contribution in [-0.2, 0) is 16.0 Å². The second kappa shape index (κ2) is 6.39. The van der Waals surface area contributed by atoms with E-state index in [1.165, 1.54) is 0 Å². The van der Waals surface area contributed by atoms with Crippen molar-refractivity contribution >= 4 is 22.6 Å². The van der Waals surface area contributed by atoms with Crippen molar-refractivity contribution in [3.63, 3.8) is 0 Å². The van der Waals surface area contributed by atoms with Gasteiger partial charge in [-0.25, -0.2) is 0 Å². The lowest BCUT2D eigenvalue weighted by Crippen LogP contribution is -2.48. The van der Waals surface area contributed by atoms with E-state index in [1.54, 1.807) is 0 Å². The molecule has 2 aromatic rings. The highest BCUT2D eigenvalue weighted by atomic mass is 16.2. The SMILES string of the molecule is CC(C)C(NC(=O)Cc1cccc2ccccc12)C(N)=O. The molecule has 3 N–H and O–H groups in total. The lowest BCUT2D eigenvalue weighted by molar-refractivity contribution is -0.127. The molecule has 110 valence electrons. The Morgan fingerprint density at radius 1 is 1.10 bits per heavy atom. The lowest BCUT2D eigenvalue weighted by Gasteiger charge is -2.19. The number of carbonyl (C=O) groups excluding carboxylic acids is 2. The number of rotatable bonds is 5. The Morgan fingerprint density at radius 2 is 1.76 bits per heavy atom. The Balaban J connectivity index is 2.17. The Kier molecular flexibility index (Phi) is 4.58. The van der Waals surface area contributed by atoms with Gasteiger partial charge in [0, 0.05) is 0 Å². The minimum absolute atomic E-state index is 0.0287. The molecule has 4 nitrogen and oxygen atoms in total. The molecule has 1 atom stereocenters. The van der Waals surface area contributed by atoms with E-state index in [0.29, 0.717) is 0 Å². The van der Waals surface area contributed by atoms with Crippen molar-refractivity contribution in [1.82, 2.24) is 5.32 Å². The van der Waals surface area contributed by atoms with Crippen LogP contribution in [0, 0.1) is 5.92 Å². The van der Waals surface area contributed by atoms with Crippen molar-refractivity contribution in [2.45, 2.75) is 26.3 Å². The maximum absolute atomic E-state index is 12.2. The fourth-order valence-electron chi connectivity index (χ4n) is 2.41. The first kappa shape index (κ1) is 15.0. The van der Waals surface area contributed by atoms with Crippen LogP contribution in [0.3, 0.4) is 0 Å². The molecule has 1 unspecified atom stereocenters. The molecule has 21 heavy (non-hydrogen) atoms. The molecule has 0 aromatic heterocycles. The highest BCUT2D eigenvalue weighted by Gasteiger charge is 2.21. The Bertz CT molecular complexity index is 659. The average molecular weight is 284 g/mol. The van der Waals surface area contributed by atoms with E-state index < -0.39 is 11.9 Å². The first-order chi connectivity index (χ1) is 9.99. The summed E-state index contributed by atoms with van der Waals surface area (Å²) in [6.45, 7) is 3.71. The zero-order valence-electron chi connectivity index (χ0n) is 12.3. The van der Waals surface area contributed by atoms with Crippen LogP contribution in [0.5, 0.6) is 0 Å². The number of benzene rings is 2. The molecule has 0 radical (unpaired) electrons. The summed E-state index contributed by atoms with van der Waals surface area (Å²) in [5.41, 5.74) is 6.26. The van der Waals surface area contributed by atoms with Crippen LogP contribution in [-0.4, -0.2) is 17.9 Å². The summed E-state index contributed by atoms with van der Waals surface area (Å²) in [5.74, 6) is -0.723. The fourth-order valence-corrected chi connectivity index (χ4v) is 2.41. The summed E-state index contributed by atoms with van der Waals surface area (Å²) in [6.07, 6.45) is 0.234. The highest BCUT2D eigenvalue weighted by Crippen LogP contribution is 2.19. The van der Waals surface area contributed by atoms with Gasteiger partial charge in [0.15, 0.2) is 0 Å². The number of nitrogens with one attached hydrogen (secondary N) is 1. The third-order valence-electron chi connectivity index (χ3n) is 3.52. The van der Waals surface area contributed by atoms with Gasteiger partial charge < -0.3 is 11.1 Å². The molecule has 0 bridgehead atoms. The first-order valence-electron chi connectivity index (χ1n) is 7.04. The predicted octanol–water partition coefficient (Wildman–Crippen LogP) is 2.01. The maximum atomic E-state index is 12.2. The number of carbonyl (C=O) groups is 2. The zero-order chi connectivity index (χ0) is 15.4. The molecule has 0 saturated carbocycles. The van der Waals surface area contributed by atoms with Crippen LogP contribution in [0.15, 0.2) is 42.5 Å². The standard InChI is InChI=1S/C17H20N2O2/c1-11(2)16(17(18)21)19-15(20)10-13-8-5-7-12-6-3-4-9-14(12)13/h3-9,11,16H,10H2,1-2H3,(H2,18,21)(H,19,20). The number of primary amides is 1. The second-order valence-corrected chi connectivity index (χ2v) is 5.51. The van der Waals surface area contributed by atoms with Crippen LogP contribution in [0.1, 0.15) is 19.4 Å². The molecule has 0 aliphatic heterocycles. The van der Waals surface area contributed by atoms with Crippen LogP contribution < -0.4 is 11.1 Å². The van der Waals surface area contributed by atoms with Gasteiger partial charge in [0.2, 0.25) is 11.8 Å². The predicted molar refractivity (Wildman–Crippen MR) is 83.6 cm³/mol. The van der Waals surface area contributed by atoms with Crippen molar-refractivity contribution in [3.8, 4) is 0 Å². The third kappa shape index (κ3) is 3.60. The van der Waals surface area contributed by atoms with E-state index in [2.05, 4.69) is 5.32 Å². The van der Waals surface area contributed by atoms with Crippen LogP contribution in [0.2, 0.25) is 0 Å². The average Bonchev–Trinajstić information content (AvgIpc) is 2.44. The summed E-state index contributed by atoms with van der Waals surface area (Å²) in [4.78, 5) is 23.5. The van der Waals surface area contributed by atoms with E-state index in [-0.39, 0.29) is 18.2 Å². The van der Waals surface area contributed by atoms with Gasteiger partial charge in [-0.2, -0.15) is 0 Å². The minimum atomic E-state index is -0.632. The fraction of sp³-hybridized carbons (Fsp3) is 0.294. The van der Waals surface area contributed by atoms with Gasteiger partial charge in [0.05, 0.1) is 6.42 Å². The molecule has 2 amide bonds. The molecule has 0 fully saturated rings. The Labute approximate surface area is 124 Å². The molecule has 4 heteroatoms. The summed E-state index contributed by atoms with van der Waals surface area (Å²) in [6, 6.07) is 13.2. The first-order valence-corrected chi connectivity index (χ1v) is 7.04. The monoisotopic (exact) mass is 284 g/mol. The van der Waals surface area contributed by atoms with Gasteiger partial charge in [-0.1, -0.05) is 56.3 Å². The summed E-state index contributed by atoms with van der Waals surface area (Å²) in [5, 5.41) is 4.86. The molecule has 0 aliphatic rings. The largest absolute Gasteiger partial charge is 0.368 e. The maximum Gasteiger partial charge on any atom is 0.240 e. The number of fused-ring (bicyclic) bond motifs is 1. The van der Waals surface area contributed by atoms with Gasteiger partial charge in [-0.15, -0.1) is 0 Å². The number of hydrogen-bond acceptors (Lipinski definition) is 2. The van der Waals surface area contributed by atoms with Crippen molar-refractivity contribution < 1.29 is 9.59 Å². The minimum Gasteiger partial charge on any atom is -0.368 e. The zero-order valence-corrected chi connectivity index (χ0v) is 12.3. The van der Waals surface area contributed by atoms with Gasteiger partial charge in [-0.3, -0.25) is 9.59 Å². The highest BCUT2D eigenvalue weighted by molar-refractivity contribution is 5.92.